The Hall–Kier alpha value is -1.36. The van der Waals surface area contributed by atoms with E-state index in [-0.39, 0.29) is 12.4 Å². The van der Waals surface area contributed by atoms with E-state index in [0.29, 0.717) is 0 Å². The minimum Gasteiger partial charge on any atom is -0.315 e. The van der Waals surface area contributed by atoms with Crippen LogP contribution in [0.15, 0.2) is 36.5 Å². The highest BCUT2D eigenvalue weighted by atomic mass is 35.5. The zero-order chi connectivity index (χ0) is 13.8. The van der Waals surface area contributed by atoms with Crippen LogP contribution in [0.5, 0.6) is 0 Å². The van der Waals surface area contributed by atoms with Crippen LogP contribution in [-0.4, -0.2) is 40.9 Å². The number of benzene rings is 1. The Kier molecular flexibility index (Phi) is 5.79. The van der Waals surface area contributed by atoms with E-state index in [1.807, 2.05) is 6.20 Å². The van der Waals surface area contributed by atoms with Crippen molar-refractivity contribution in [1.82, 2.24) is 20.0 Å². The van der Waals surface area contributed by atoms with Crippen molar-refractivity contribution >= 4 is 12.4 Å². The molecule has 0 unspecified atom stereocenters. The third kappa shape index (κ3) is 3.84. The zero-order valence-electron chi connectivity index (χ0n) is 12.5. The van der Waals surface area contributed by atoms with Gasteiger partial charge in [-0.2, -0.15) is 5.10 Å². The molecule has 0 radical (unpaired) electrons. The van der Waals surface area contributed by atoms with Crippen LogP contribution in [0.3, 0.4) is 0 Å². The van der Waals surface area contributed by atoms with Crippen LogP contribution in [0.1, 0.15) is 17.7 Å². The van der Waals surface area contributed by atoms with E-state index < -0.39 is 0 Å². The Bertz CT molecular complexity index is 559. The maximum Gasteiger partial charge on any atom is 0.0678 e. The Labute approximate surface area is 132 Å². The van der Waals surface area contributed by atoms with E-state index in [0.717, 1.165) is 32.7 Å². The van der Waals surface area contributed by atoms with Crippen molar-refractivity contribution < 1.29 is 0 Å². The first-order valence-corrected chi connectivity index (χ1v) is 7.36. The second kappa shape index (κ2) is 7.59. The Balaban J connectivity index is 0.00000161. The fraction of sp³-hybridized carbons (Fsp3) is 0.438. The van der Waals surface area contributed by atoms with Gasteiger partial charge in [0.1, 0.15) is 0 Å². The molecule has 21 heavy (non-hydrogen) atoms. The van der Waals surface area contributed by atoms with Crippen molar-refractivity contribution in [1.29, 1.82) is 0 Å². The lowest BCUT2D eigenvalue weighted by Crippen LogP contribution is -2.28. The SMILES string of the molecule is Cc1ccccc1-n1nccc1CN1CCCNCC1.Cl. The molecule has 2 aromatic rings. The molecule has 0 bridgehead atoms. The van der Waals surface area contributed by atoms with Crippen LogP contribution >= 0.6 is 12.4 Å². The molecule has 0 saturated carbocycles. The van der Waals surface area contributed by atoms with Gasteiger partial charge in [0.25, 0.3) is 0 Å². The lowest BCUT2D eigenvalue weighted by atomic mass is 10.2. The molecular formula is C16H23ClN4. The van der Waals surface area contributed by atoms with Gasteiger partial charge in [-0.3, -0.25) is 4.90 Å². The molecule has 1 fully saturated rings. The number of para-hydroxylation sites is 1. The minimum atomic E-state index is 0. The summed E-state index contributed by atoms with van der Waals surface area (Å²) in [7, 11) is 0. The smallest absolute Gasteiger partial charge is 0.0678 e. The van der Waals surface area contributed by atoms with E-state index in [9.17, 15) is 0 Å². The number of nitrogens with zero attached hydrogens (tertiary/aromatic N) is 3. The van der Waals surface area contributed by atoms with Crippen molar-refractivity contribution in [3.8, 4) is 5.69 Å². The predicted molar refractivity (Wildman–Crippen MR) is 88.3 cm³/mol. The molecule has 2 heterocycles. The summed E-state index contributed by atoms with van der Waals surface area (Å²) in [5.41, 5.74) is 3.71. The average Bonchev–Trinajstić information content (AvgIpc) is 2.75. The van der Waals surface area contributed by atoms with Crippen molar-refractivity contribution in [2.45, 2.75) is 19.9 Å². The molecule has 0 amide bonds. The van der Waals surface area contributed by atoms with Gasteiger partial charge in [0.15, 0.2) is 0 Å². The molecule has 5 heteroatoms. The summed E-state index contributed by atoms with van der Waals surface area (Å²) in [4.78, 5) is 2.51. The van der Waals surface area contributed by atoms with Gasteiger partial charge in [0, 0.05) is 25.8 Å². The van der Waals surface area contributed by atoms with Crippen LogP contribution in [0, 0.1) is 6.92 Å². The van der Waals surface area contributed by atoms with Gasteiger partial charge in [-0.25, -0.2) is 4.68 Å². The number of nitrogens with one attached hydrogen (secondary N) is 1. The summed E-state index contributed by atoms with van der Waals surface area (Å²) in [5, 5.41) is 7.96. The summed E-state index contributed by atoms with van der Waals surface area (Å²) in [6.45, 7) is 7.59. The van der Waals surface area contributed by atoms with Gasteiger partial charge >= 0.3 is 0 Å². The third-order valence-corrected chi connectivity index (χ3v) is 3.88. The van der Waals surface area contributed by atoms with E-state index in [1.54, 1.807) is 0 Å². The molecule has 0 aliphatic carbocycles. The fourth-order valence-electron chi connectivity index (χ4n) is 2.76. The topological polar surface area (TPSA) is 33.1 Å². The van der Waals surface area contributed by atoms with E-state index in [4.69, 9.17) is 0 Å². The zero-order valence-corrected chi connectivity index (χ0v) is 13.3. The monoisotopic (exact) mass is 306 g/mol. The molecule has 1 aromatic carbocycles. The first-order chi connectivity index (χ1) is 9.84. The number of aromatic nitrogens is 2. The summed E-state index contributed by atoms with van der Waals surface area (Å²) in [6.07, 6.45) is 3.12. The first-order valence-electron chi connectivity index (χ1n) is 7.36. The Morgan fingerprint density at radius 2 is 2.00 bits per heavy atom. The fourth-order valence-corrected chi connectivity index (χ4v) is 2.76. The van der Waals surface area contributed by atoms with Crippen LogP contribution in [-0.2, 0) is 6.54 Å². The highest BCUT2D eigenvalue weighted by Gasteiger charge is 2.13. The van der Waals surface area contributed by atoms with E-state index >= 15 is 0 Å². The van der Waals surface area contributed by atoms with Gasteiger partial charge in [-0.1, -0.05) is 18.2 Å². The molecule has 1 aliphatic heterocycles. The Morgan fingerprint density at radius 1 is 1.14 bits per heavy atom. The molecule has 114 valence electrons. The predicted octanol–water partition coefficient (Wildman–Crippen LogP) is 2.40. The molecular weight excluding hydrogens is 284 g/mol. The van der Waals surface area contributed by atoms with Gasteiger partial charge in [-0.15, -0.1) is 12.4 Å². The molecule has 1 saturated heterocycles. The first kappa shape index (κ1) is 16.0. The van der Waals surface area contributed by atoms with Crippen molar-refractivity contribution in [2.75, 3.05) is 26.2 Å². The number of aryl methyl sites for hydroxylation is 1. The summed E-state index contributed by atoms with van der Waals surface area (Å²) < 4.78 is 2.08. The molecule has 0 atom stereocenters. The molecule has 1 aromatic heterocycles. The van der Waals surface area contributed by atoms with Gasteiger partial charge in [0.2, 0.25) is 0 Å². The number of hydrogen-bond donors (Lipinski definition) is 1. The van der Waals surface area contributed by atoms with Gasteiger partial charge in [-0.05, 0) is 44.1 Å². The lowest BCUT2D eigenvalue weighted by Gasteiger charge is -2.20. The molecule has 3 rings (SSSR count). The summed E-state index contributed by atoms with van der Waals surface area (Å²) >= 11 is 0. The number of hydrogen-bond acceptors (Lipinski definition) is 3. The van der Waals surface area contributed by atoms with Gasteiger partial charge < -0.3 is 5.32 Å². The standard InChI is InChI=1S/C16H22N4.ClH/c1-14-5-2-3-6-16(14)20-15(7-9-18-20)13-19-11-4-8-17-10-12-19;/h2-3,5-7,9,17H,4,8,10-13H2,1H3;1H. The van der Waals surface area contributed by atoms with Crippen molar-refractivity contribution in [3.63, 3.8) is 0 Å². The number of rotatable bonds is 3. The largest absolute Gasteiger partial charge is 0.315 e. The summed E-state index contributed by atoms with van der Waals surface area (Å²) in [6, 6.07) is 10.5. The van der Waals surface area contributed by atoms with Crippen LogP contribution < -0.4 is 5.32 Å². The van der Waals surface area contributed by atoms with E-state index in [2.05, 4.69) is 57.3 Å². The second-order valence-corrected chi connectivity index (χ2v) is 5.40. The minimum absolute atomic E-state index is 0. The van der Waals surface area contributed by atoms with Crippen molar-refractivity contribution in [3.05, 3.63) is 47.8 Å². The highest BCUT2D eigenvalue weighted by Crippen LogP contribution is 2.16. The maximum atomic E-state index is 4.51. The molecule has 4 nitrogen and oxygen atoms in total. The Morgan fingerprint density at radius 3 is 2.86 bits per heavy atom. The van der Waals surface area contributed by atoms with E-state index in [1.165, 1.54) is 23.4 Å². The quantitative estimate of drug-likeness (QED) is 0.945. The normalized spacial score (nSPS) is 16.2. The van der Waals surface area contributed by atoms with Gasteiger partial charge in [0.05, 0.1) is 11.4 Å². The van der Waals surface area contributed by atoms with Crippen molar-refractivity contribution in [2.24, 2.45) is 0 Å². The highest BCUT2D eigenvalue weighted by molar-refractivity contribution is 5.85. The molecule has 1 aliphatic rings. The van der Waals surface area contributed by atoms with Crippen LogP contribution in [0.4, 0.5) is 0 Å². The lowest BCUT2D eigenvalue weighted by molar-refractivity contribution is 0.278. The van der Waals surface area contributed by atoms with Crippen LogP contribution in [0.2, 0.25) is 0 Å². The number of halogens is 1. The average molecular weight is 307 g/mol. The third-order valence-electron chi connectivity index (χ3n) is 3.88. The molecule has 1 N–H and O–H groups in total. The second-order valence-electron chi connectivity index (χ2n) is 5.40. The maximum absolute atomic E-state index is 4.51. The van der Waals surface area contributed by atoms with Crippen LogP contribution in [0.25, 0.3) is 5.69 Å². The molecule has 0 spiro atoms. The summed E-state index contributed by atoms with van der Waals surface area (Å²) in [5.74, 6) is 0.